The fourth-order valence-corrected chi connectivity index (χ4v) is 6.79. The minimum atomic E-state index is -3.87. The van der Waals surface area contributed by atoms with Crippen LogP contribution >= 0.6 is 0 Å². The van der Waals surface area contributed by atoms with E-state index in [9.17, 15) is 18.0 Å². The second-order valence-corrected chi connectivity index (χ2v) is 11.3. The van der Waals surface area contributed by atoms with Crippen molar-refractivity contribution in [2.45, 2.75) is 63.4 Å². The Kier molecular flexibility index (Phi) is 6.98. The highest BCUT2D eigenvalue weighted by Gasteiger charge is 2.36. The number of hydrogen-bond acceptors (Lipinski definition) is 5. The van der Waals surface area contributed by atoms with Gasteiger partial charge in [0.25, 0.3) is 15.9 Å². The van der Waals surface area contributed by atoms with Crippen LogP contribution in [0.15, 0.2) is 53.4 Å². The minimum absolute atomic E-state index is 0.0139. The molecule has 8 heteroatoms. The van der Waals surface area contributed by atoms with Crippen LogP contribution in [0, 0.1) is 11.8 Å². The van der Waals surface area contributed by atoms with Crippen LogP contribution in [0.25, 0.3) is 0 Å². The van der Waals surface area contributed by atoms with E-state index in [0.717, 1.165) is 24.8 Å². The van der Waals surface area contributed by atoms with Gasteiger partial charge in [0, 0.05) is 12.1 Å². The zero-order valence-electron chi connectivity index (χ0n) is 19.9. The standard InChI is InChI=1S/C26H32N2O5S/c1-17-8-6-12-23(19(17)3)27-25(29)16-33-26(30)21-10-7-11-22(15-21)34(31,32)28-18(2)14-20-9-4-5-13-24(20)28/h4-5,7,9-11,13,15,17-19,23H,6,8,12,14,16H2,1-3H3,(H,27,29). The number of fused-ring (bicyclic) bond motifs is 1. The molecule has 0 spiro atoms. The number of carbonyl (C=O) groups excluding carboxylic acids is 2. The van der Waals surface area contributed by atoms with Crippen molar-refractivity contribution in [3.63, 3.8) is 0 Å². The number of amides is 1. The number of sulfonamides is 1. The first-order valence-corrected chi connectivity index (χ1v) is 13.3. The van der Waals surface area contributed by atoms with Crippen LogP contribution in [0.1, 0.15) is 56.0 Å². The number of ether oxygens (including phenoxy) is 1. The van der Waals surface area contributed by atoms with Gasteiger partial charge in [-0.3, -0.25) is 9.10 Å². The third-order valence-electron chi connectivity index (χ3n) is 7.16. The fraction of sp³-hybridized carbons (Fsp3) is 0.462. The van der Waals surface area contributed by atoms with Gasteiger partial charge in [-0.25, -0.2) is 13.2 Å². The summed E-state index contributed by atoms with van der Waals surface area (Å²) in [5, 5.41) is 2.97. The summed E-state index contributed by atoms with van der Waals surface area (Å²) in [6.07, 6.45) is 3.77. The number of anilines is 1. The Morgan fingerprint density at radius 2 is 1.82 bits per heavy atom. The van der Waals surface area contributed by atoms with E-state index in [2.05, 4.69) is 19.2 Å². The molecule has 7 nitrogen and oxygen atoms in total. The van der Waals surface area contributed by atoms with E-state index >= 15 is 0 Å². The van der Waals surface area contributed by atoms with Crippen molar-refractivity contribution in [2.24, 2.45) is 11.8 Å². The molecule has 0 saturated heterocycles. The molecule has 4 unspecified atom stereocenters. The van der Waals surface area contributed by atoms with E-state index in [1.165, 1.54) is 28.6 Å². The third-order valence-corrected chi connectivity index (χ3v) is 9.08. The van der Waals surface area contributed by atoms with Crippen molar-refractivity contribution >= 4 is 27.6 Å². The van der Waals surface area contributed by atoms with Gasteiger partial charge in [-0.05, 0) is 61.4 Å². The number of carbonyl (C=O) groups is 2. The van der Waals surface area contributed by atoms with E-state index in [0.29, 0.717) is 23.9 Å². The lowest BCUT2D eigenvalue weighted by Crippen LogP contribution is -2.45. The van der Waals surface area contributed by atoms with Crippen LogP contribution in [0.5, 0.6) is 0 Å². The molecular formula is C26H32N2O5S. The Morgan fingerprint density at radius 1 is 1.06 bits per heavy atom. The molecule has 0 radical (unpaired) electrons. The van der Waals surface area contributed by atoms with Gasteiger partial charge in [-0.15, -0.1) is 0 Å². The summed E-state index contributed by atoms with van der Waals surface area (Å²) in [6.45, 7) is 5.78. The quantitative estimate of drug-likeness (QED) is 0.628. The van der Waals surface area contributed by atoms with Crippen molar-refractivity contribution in [2.75, 3.05) is 10.9 Å². The zero-order valence-corrected chi connectivity index (χ0v) is 20.7. The average Bonchev–Trinajstić information content (AvgIpc) is 3.17. The SMILES string of the molecule is CC1CCCC(NC(=O)COC(=O)c2cccc(S(=O)(=O)N3c4ccccc4CC3C)c2)C1C. The first kappa shape index (κ1) is 24.3. The van der Waals surface area contributed by atoms with E-state index < -0.39 is 22.6 Å². The molecule has 182 valence electrons. The molecule has 1 aliphatic heterocycles. The van der Waals surface area contributed by atoms with Crippen LogP contribution in [-0.4, -0.2) is 39.0 Å². The van der Waals surface area contributed by atoms with Crippen molar-refractivity contribution in [1.29, 1.82) is 0 Å². The monoisotopic (exact) mass is 484 g/mol. The Bertz CT molecular complexity index is 1180. The van der Waals surface area contributed by atoms with Gasteiger partial charge in [0.15, 0.2) is 6.61 Å². The lowest BCUT2D eigenvalue weighted by atomic mass is 9.78. The van der Waals surface area contributed by atoms with Crippen LogP contribution < -0.4 is 9.62 Å². The van der Waals surface area contributed by atoms with E-state index in [4.69, 9.17) is 4.74 Å². The first-order chi connectivity index (χ1) is 16.2. The summed E-state index contributed by atoms with van der Waals surface area (Å²) in [4.78, 5) is 25.0. The highest BCUT2D eigenvalue weighted by molar-refractivity contribution is 7.92. The number of benzene rings is 2. The van der Waals surface area contributed by atoms with Gasteiger partial charge < -0.3 is 10.1 Å². The lowest BCUT2D eigenvalue weighted by molar-refractivity contribution is -0.125. The van der Waals surface area contributed by atoms with Crippen molar-refractivity contribution in [1.82, 2.24) is 5.32 Å². The zero-order chi connectivity index (χ0) is 24.5. The highest BCUT2D eigenvalue weighted by Crippen LogP contribution is 2.36. The van der Waals surface area contributed by atoms with Crippen molar-refractivity contribution in [3.05, 3.63) is 59.7 Å². The minimum Gasteiger partial charge on any atom is -0.452 e. The summed E-state index contributed by atoms with van der Waals surface area (Å²) >= 11 is 0. The van der Waals surface area contributed by atoms with E-state index in [1.54, 1.807) is 6.07 Å². The maximum Gasteiger partial charge on any atom is 0.338 e. The van der Waals surface area contributed by atoms with Gasteiger partial charge >= 0.3 is 5.97 Å². The molecule has 1 heterocycles. The van der Waals surface area contributed by atoms with Gasteiger partial charge in [0.1, 0.15) is 0 Å². The second kappa shape index (κ2) is 9.78. The molecule has 1 fully saturated rings. The molecular weight excluding hydrogens is 452 g/mol. The number of nitrogens with zero attached hydrogens (tertiary/aromatic N) is 1. The van der Waals surface area contributed by atoms with Gasteiger partial charge in [0.2, 0.25) is 0 Å². The predicted molar refractivity (Wildman–Crippen MR) is 130 cm³/mol. The molecule has 0 bridgehead atoms. The second-order valence-electron chi connectivity index (χ2n) is 9.53. The molecule has 1 N–H and O–H groups in total. The maximum atomic E-state index is 13.4. The number of rotatable bonds is 6. The Labute approximate surface area is 201 Å². The van der Waals surface area contributed by atoms with E-state index in [-0.39, 0.29) is 28.4 Å². The van der Waals surface area contributed by atoms with Crippen molar-refractivity contribution in [3.8, 4) is 0 Å². The van der Waals surface area contributed by atoms with Gasteiger partial charge in [0.05, 0.1) is 16.1 Å². The third kappa shape index (κ3) is 4.82. The molecule has 2 aliphatic rings. The number of nitrogens with one attached hydrogen (secondary N) is 1. The van der Waals surface area contributed by atoms with Gasteiger partial charge in [-0.1, -0.05) is 51.0 Å². The Morgan fingerprint density at radius 3 is 2.62 bits per heavy atom. The highest BCUT2D eigenvalue weighted by atomic mass is 32.2. The number of para-hydroxylation sites is 1. The van der Waals surface area contributed by atoms with Crippen LogP contribution in [0.4, 0.5) is 5.69 Å². The molecule has 0 aromatic heterocycles. The topological polar surface area (TPSA) is 92.8 Å². The van der Waals surface area contributed by atoms with Crippen LogP contribution in [0.2, 0.25) is 0 Å². The normalized spacial score (nSPS) is 24.4. The Balaban J connectivity index is 1.43. The predicted octanol–water partition coefficient (Wildman–Crippen LogP) is 3.92. The molecule has 2 aromatic carbocycles. The van der Waals surface area contributed by atoms with Gasteiger partial charge in [-0.2, -0.15) is 0 Å². The fourth-order valence-electron chi connectivity index (χ4n) is 5.05. The number of esters is 1. The molecule has 1 saturated carbocycles. The number of hydrogen-bond donors (Lipinski definition) is 1. The van der Waals surface area contributed by atoms with Crippen molar-refractivity contribution < 1.29 is 22.7 Å². The summed E-state index contributed by atoms with van der Waals surface area (Å²) < 4.78 is 33.5. The molecule has 4 atom stereocenters. The molecule has 1 aliphatic carbocycles. The Hall–Kier alpha value is -2.87. The molecule has 1 amide bonds. The molecule has 34 heavy (non-hydrogen) atoms. The average molecular weight is 485 g/mol. The molecule has 4 rings (SSSR count). The molecule has 2 aromatic rings. The summed E-state index contributed by atoms with van der Waals surface area (Å²) in [5.41, 5.74) is 1.72. The van der Waals surface area contributed by atoms with Crippen LogP contribution in [-0.2, 0) is 26.0 Å². The summed E-state index contributed by atoms with van der Waals surface area (Å²) in [6, 6.07) is 13.1. The summed E-state index contributed by atoms with van der Waals surface area (Å²) in [7, 11) is -3.87. The maximum absolute atomic E-state index is 13.4. The summed E-state index contributed by atoms with van der Waals surface area (Å²) in [5.74, 6) is -0.164. The first-order valence-electron chi connectivity index (χ1n) is 11.9. The smallest absolute Gasteiger partial charge is 0.338 e. The van der Waals surface area contributed by atoms with E-state index in [1.807, 2.05) is 25.1 Å². The van der Waals surface area contributed by atoms with Crippen LogP contribution in [0.3, 0.4) is 0 Å². The largest absolute Gasteiger partial charge is 0.452 e. The lowest BCUT2D eigenvalue weighted by Gasteiger charge is -2.34.